The highest BCUT2D eigenvalue weighted by Gasteiger charge is 2.35. The summed E-state index contributed by atoms with van der Waals surface area (Å²) in [5.74, 6) is 0.759. The molecule has 3 rings (SSSR count). The lowest BCUT2D eigenvalue weighted by Gasteiger charge is -2.38. The maximum Gasteiger partial charge on any atom is 0.0576 e. The molecule has 0 N–H and O–H groups in total. The van der Waals surface area contributed by atoms with E-state index in [1.165, 1.54) is 62.5 Å². The van der Waals surface area contributed by atoms with Crippen molar-refractivity contribution < 1.29 is 4.74 Å². The lowest BCUT2D eigenvalue weighted by Crippen LogP contribution is -2.33. The monoisotopic (exact) mass is 292 g/mol. The predicted molar refractivity (Wildman–Crippen MR) is 84.6 cm³/mol. The fraction of sp³-hybridized carbons (Fsp3) is 0.667. The third kappa shape index (κ3) is 2.89. The molecule has 0 radical (unpaired) electrons. The molecule has 0 saturated carbocycles. The van der Waals surface area contributed by atoms with Crippen LogP contribution in [0, 0.1) is 0 Å². The summed E-state index contributed by atoms with van der Waals surface area (Å²) in [5.41, 5.74) is 3.26. The van der Waals surface area contributed by atoms with Gasteiger partial charge in [0.25, 0.3) is 0 Å². The van der Waals surface area contributed by atoms with Crippen molar-refractivity contribution in [3.05, 3.63) is 35.4 Å². The number of ether oxygens (including phenoxy) is 1. The van der Waals surface area contributed by atoms with Gasteiger partial charge in [-0.25, -0.2) is 0 Å². The minimum atomic E-state index is 0.217. The number of fused-ring (bicyclic) bond motifs is 1. The Balaban J connectivity index is 1.68. The molecule has 0 bridgehead atoms. The smallest absolute Gasteiger partial charge is 0.0576 e. The van der Waals surface area contributed by atoms with E-state index in [1.54, 1.807) is 0 Å². The second-order valence-corrected chi connectivity index (χ2v) is 6.72. The first-order chi connectivity index (χ1) is 9.84. The molecule has 110 valence electrons. The van der Waals surface area contributed by atoms with Crippen LogP contribution >= 0.6 is 11.6 Å². The summed E-state index contributed by atoms with van der Waals surface area (Å²) in [5, 5.41) is 0. The standard InChI is InChI=1S/C18H25ClO/c19-14-18(12-4-8-16-9-5-13-20-16)11-3-7-15-6-1-2-10-17(15)18/h1-2,6,10,16H,3-5,7-9,11-14H2. The quantitative estimate of drug-likeness (QED) is 0.705. The third-order valence-electron chi connectivity index (χ3n) is 5.15. The highest BCUT2D eigenvalue weighted by molar-refractivity contribution is 6.18. The SMILES string of the molecule is ClCC1(CCCC2CCCO2)CCCc2ccccc21. The van der Waals surface area contributed by atoms with Crippen molar-refractivity contribution in [2.24, 2.45) is 0 Å². The molecular formula is C18H25ClO. The van der Waals surface area contributed by atoms with Crippen LogP contribution in [-0.2, 0) is 16.6 Å². The van der Waals surface area contributed by atoms with Gasteiger partial charge in [0.2, 0.25) is 0 Å². The molecular weight excluding hydrogens is 268 g/mol. The van der Waals surface area contributed by atoms with E-state index in [0.29, 0.717) is 6.10 Å². The molecule has 1 aromatic carbocycles. The molecule has 1 aliphatic carbocycles. The van der Waals surface area contributed by atoms with Gasteiger partial charge in [-0.1, -0.05) is 24.3 Å². The van der Waals surface area contributed by atoms with Gasteiger partial charge in [0.15, 0.2) is 0 Å². The first kappa shape index (κ1) is 14.4. The summed E-state index contributed by atoms with van der Waals surface area (Å²) in [6, 6.07) is 8.93. The summed E-state index contributed by atoms with van der Waals surface area (Å²) >= 11 is 6.43. The largest absolute Gasteiger partial charge is 0.378 e. The van der Waals surface area contributed by atoms with Crippen LogP contribution in [0.3, 0.4) is 0 Å². The van der Waals surface area contributed by atoms with Crippen molar-refractivity contribution in [2.45, 2.75) is 62.9 Å². The van der Waals surface area contributed by atoms with Gasteiger partial charge in [0.1, 0.15) is 0 Å². The summed E-state index contributed by atoms with van der Waals surface area (Å²) in [7, 11) is 0. The van der Waals surface area contributed by atoms with Crippen LogP contribution in [0.5, 0.6) is 0 Å². The van der Waals surface area contributed by atoms with Crippen molar-refractivity contribution >= 4 is 11.6 Å². The van der Waals surface area contributed by atoms with E-state index in [1.807, 2.05) is 0 Å². The summed E-state index contributed by atoms with van der Waals surface area (Å²) in [6.45, 7) is 0.966. The lowest BCUT2D eigenvalue weighted by molar-refractivity contribution is 0.0999. The second-order valence-electron chi connectivity index (χ2n) is 6.45. The van der Waals surface area contributed by atoms with Crippen LogP contribution in [0.2, 0.25) is 0 Å². The number of alkyl halides is 1. The molecule has 1 fully saturated rings. The van der Waals surface area contributed by atoms with Gasteiger partial charge in [-0.15, -0.1) is 11.6 Å². The zero-order valence-electron chi connectivity index (χ0n) is 12.2. The fourth-order valence-corrected chi connectivity index (χ4v) is 4.42. The van der Waals surface area contributed by atoms with Crippen LogP contribution < -0.4 is 0 Å². The minimum absolute atomic E-state index is 0.217. The molecule has 0 amide bonds. The molecule has 20 heavy (non-hydrogen) atoms. The third-order valence-corrected chi connectivity index (χ3v) is 5.66. The molecule has 2 atom stereocenters. The average Bonchev–Trinajstić information content (AvgIpc) is 3.01. The van der Waals surface area contributed by atoms with E-state index in [-0.39, 0.29) is 5.41 Å². The zero-order chi connectivity index (χ0) is 13.8. The number of halogens is 1. The van der Waals surface area contributed by atoms with E-state index < -0.39 is 0 Å². The number of aryl methyl sites for hydroxylation is 1. The Morgan fingerprint density at radius 3 is 2.95 bits per heavy atom. The van der Waals surface area contributed by atoms with Crippen LogP contribution in [0.15, 0.2) is 24.3 Å². The Kier molecular flexibility index (Phi) is 4.68. The molecule has 1 aromatic rings. The van der Waals surface area contributed by atoms with Crippen LogP contribution in [0.1, 0.15) is 56.1 Å². The zero-order valence-corrected chi connectivity index (χ0v) is 13.0. The number of hydrogen-bond donors (Lipinski definition) is 0. The van der Waals surface area contributed by atoms with Crippen molar-refractivity contribution in [3.63, 3.8) is 0 Å². The van der Waals surface area contributed by atoms with E-state index in [4.69, 9.17) is 16.3 Å². The van der Waals surface area contributed by atoms with Crippen molar-refractivity contribution in [1.82, 2.24) is 0 Å². The first-order valence-corrected chi connectivity index (χ1v) is 8.63. The molecule has 2 aliphatic rings. The van der Waals surface area contributed by atoms with E-state index >= 15 is 0 Å². The van der Waals surface area contributed by atoms with Crippen LogP contribution in [0.25, 0.3) is 0 Å². The van der Waals surface area contributed by atoms with Gasteiger partial charge >= 0.3 is 0 Å². The molecule has 2 heteroatoms. The summed E-state index contributed by atoms with van der Waals surface area (Å²) in [4.78, 5) is 0. The van der Waals surface area contributed by atoms with Crippen LogP contribution in [0.4, 0.5) is 0 Å². The van der Waals surface area contributed by atoms with Crippen molar-refractivity contribution in [2.75, 3.05) is 12.5 Å². The summed E-state index contributed by atoms with van der Waals surface area (Å²) < 4.78 is 5.75. The number of hydrogen-bond acceptors (Lipinski definition) is 1. The van der Waals surface area contributed by atoms with Gasteiger partial charge < -0.3 is 4.74 Å². The molecule has 0 aromatic heterocycles. The fourth-order valence-electron chi connectivity index (χ4n) is 4.01. The first-order valence-electron chi connectivity index (χ1n) is 8.10. The molecule has 1 saturated heterocycles. The summed E-state index contributed by atoms with van der Waals surface area (Å²) in [6.07, 6.45) is 10.4. The Hall–Kier alpha value is -0.530. The minimum Gasteiger partial charge on any atom is -0.378 e. The highest BCUT2D eigenvalue weighted by Crippen LogP contribution is 2.42. The Morgan fingerprint density at radius 1 is 1.25 bits per heavy atom. The van der Waals surface area contributed by atoms with Gasteiger partial charge in [-0.05, 0) is 62.5 Å². The molecule has 2 unspecified atom stereocenters. The van der Waals surface area contributed by atoms with Gasteiger partial charge in [0, 0.05) is 17.9 Å². The maximum absolute atomic E-state index is 6.43. The van der Waals surface area contributed by atoms with E-state index in [0.717, 1.165) is 12.5 Å². The molecule has 1 heterocycles. The van der Waals surface area contributed by atoms with Gasteiger partial charge in [0.05, 0.1) is 6.10 Å². The maximum atomic E-state index is 6.43. The molecule has 1 nitrogen and oxygen atoms in total. The van der Waals surface area contributed by atoms with Crippen LogP contribution in [-0.4, -0.2) is 18.6 Å². The van der Waals surface area contributed by atoms with Crippen molar-refractivity contribution in [1.29, 1.82) is 0 Å². The Labute approximate surface area is 127 Å². The topological polar surface area (TPSA) is 9.23 Å². The Morgan fingerprint density at radius 2 is 2.15 bits per heavy atom. The number of rotatable bonds is 5. The van der Waals surface area contributed by atoms with Gasteiger partial charge in [-0.3, -0.25) is 0 Å². The molecule has 1 aliphatic heterocycles. The van der Waals surface area contributed by atoms with Gasteiger partial charge in [-0.2, -0.15) is 0 Å². The Bertz CT molecular complexity index is 439. The predicted octanol–water partition coefficient (Wildman–Crippen LogP) is 4.85. The van der Waals surface area contributed by atoms with Crippen molar-refractivity contribution in [3.8, 4) is 0 Å². The average molecular weight is 293 g/mol. The lowest BCUT2D eigenvalue weighted by atomic mass is 9.68. The van der Waals surface area contributed by atoms with E-state index in [9.17, 15) is 0 Å². The number of benzene rings is 1. The molecule has 0 spiro atoms. The highest BCUT2D eigenvalue weighted by atomic mass is 35.5. The second kappa shape index (κ2) is 6.49. The van der Waals surface area contributed by atoms with E-state index in [2.05, 4.69) is 24.3 Å². The normalized spacial score (nSPS) is 29.4.